The molecule has 1 unspecified atom stereocenters. The van der Waals surface area contributed by atoms with Crippen LogP contribution in [0.2, 0.25) is 15.1 Å². The Kier molecular flexibility index (Phi) is 7.66. The second kappa shape index (κ2) is 10.7. The SMILES string of the molecule is C/C(=C\c1cccc(Cl)c1)c1c(C)c(C(=O)NC(C)c2ccccc2)nn1-c1ccc(Cl)cc1Cl. The zero-order valence-electron chi connectivity index (χ0n) is 19.5. The van der Waals surface area contributed by atoms with Gasteiger partial charge in [0.1, 0.15) is 0 Å². The van der Waals surface area contributed by atoms with E-state index in [1.165, 1.54) is 0 Å². The number of hydrogen-bond donors (Lipinski definition) is 1. The Morgan fingerprint density at radius 3 is 2.37 bits per heavy atom. The highest BCUT2D eigenvalue weighted by molar-refractivity contribution is 6.35. The molecular formula is C28H24Cl3N3O. The molecule has 4 nitrogen and oxygen atoms in total. The van der Waals surface area contributed by atoms with Gasteiger partial charge in [-0.05, 0) is 73.9 Å². The molecule has 0 saturated heterocycles. The summed E-state index contributed by atoms with van der Waals surface area (Å²) in [4.78, 5) is 13.3. The molecule has 0 aliphatic heterocycles. The number of amides is 1. The van der Waals surface area contributed by atoms with Crippen molar-refractivity contribution in [1.29, 1.82) is 0 Å². The van der Waals surface area contributed by atoms with Crippen molar-refractivity contribution >= 4 is 52.4 Å². The minimum absolute atomic E-state index is 0.182. The molecule has 1 aromatic heterocycles. The molecule has 178 valence electrons. The Balaban J connectivity index is 1.80. The van der Waals surface area contributed by atoms with E-state index in [0.29, 0.717) is 26.4 Å². The molecule has 0 saturated carbocycles. The van der Waals surface area contributed by atoms with Crippen LogP contribution >= 0.6 is 34.8 Å². The first-order valence-corrected chi connectivity index (χ1v) is 12.2. The molecule has 0 bridgehead atoms. The molecular weight excluding hydrogens is 501 g/mol. The van der Waals surface area contributed by atoms with Gasteiger partial charge < -0.3 is 5.32 Å². The number of nitrogens with one attached hydrogen (secondary N) is 1. The van der Waals surface area contributed by atoms with E-state index < -0.39 is 0 Å². The molecule has 1 amide bonds. The summed E-state index contributed by atoms with van der Waals surface area (Å²) in [7, 11) is 0. The fourth-order valence-corrected chi connectivity index (χ4v) is 4.69. The van der Waals surface area contributed by atoms with Gasteiger partial charge in [0, 0.05) is 15.6 Å². The molecule has 1 heterocycles. The molecule has 4 aromatic rings. The summed E-state index contributed by atoms with van der Waals surface area (Å²) in [5, 5.41) is 9.36. The van der Waals surface area contributed by atoms with E-state index in [4.69, 9.17) is 39.9 Å². The number of rotatable bonds is 6. The summed E-state index contributed by atoms with van der Waals surface area (Å²) < 4.78 is 1.70. The van der Waals surface area contributed by atoms with Gasteiger partial charge in [0.25, 0.3) is 5.91 Å². The minimum atomic E-state index is -0.264. The lowest BCUT2D eigenvalue weighted by molar-refractivity contribution is 0.0934. The average molecular weight is 525 g/mol. The quantitative estimate of drug-likeness (QED) is 0.276. The third kappa shape index (κ3) is 5.62. The number of carbonyl (C=O) groups is 1. The number of nitrogens with zero attached hydrogens (tertiary/aromatic N) is 2. The number of carbonyl (C=O) groups excluding carboxylic acids is 1. The van der Waals surface area contributed by atoms with E-state index in [-0.39, 0.29) is 11.9 Å². The van der Waals surface area contributed by atoms with Crippen molar-refractivity contribution < 1.29 is 4.79 Å². The van der Waals surface area contributed by atoms with E-state index in [9.17, 15) is 4.79 Å². The lowest BCUT2D eigenvalue weighted by Crippen LogP contribution is -2.27. The number of allylic oxidation sites excluding steroid dienone is 1. The topological polar surface area (TPSA) is 46.9 Å². The normalized spacial score (nSPS) is 12.5. The highest BCUT2D eigenvalue weighted by Gasteiger charge is 2.24. The predicted molar refractivity (Wildman–Crippen MR) is 146 cm³/mol. The maximum absolute atomic E-state index is 13.3. The molecule has 0 aliphatic carbocycles. The summed E-state index contributed by atoms with van der Waals surface area (Å²) in [6, 6.07) is 22.4. The Labute approximate surface area is 220 Å². The molecule has 0 fully saturated rings. The fraction of sp³-hybridized carbons (Fsp3) is 0.143. The number of aromatic nitrogens is 2. The van der Waals surface area contributed by atoms with Crippen LogP contribution in [0, 0.1) is 6.92 Å². The van der Waals surface area contributed by atoms with Crippen LogP contribution in [0.15, 0.2) is 72.8 Å². The van der Waals surface area contributed by atoms with E-state index >= 15 is 0 Å². The molecule has 7 heteroatoms. The molecule has 35 heavy (non-hydrogen) atoms. The summed E-state index contributed by atoms with van der Waals surface area (Å²) in [5.74, 6) is -0.264. The van der Waals surface area contributed by atoms with E-state index in [2.05, 4.69) is 5.32 Å². The molecule has 4 rings (SSSR count). The van der Waals surface area contributed by atoms with Crippen LogP contribution in [0.5, 0.6) is 0 Å². The Morgan fingerprint density at radius 2 is 1.69 bits per heavy atom. The van der Waals surface area contributed by atoms with Crippen LogP contribution in [0.1, 0.15) is 52.8 Å². The lowest BCUT2D eigenvalue weighted by Gasteiger charge is -2.13. The molecule has 1 N–H and O–H groups in total. The van der Waals surface area contributed by atoms with Gasteiger partial charge in [-0.25, -0.2) is 4.68 Å². The Bertz CT molecular complexity index is 1410. The predicted octanol–water partition coefficient (Wildman–Crippen LogP) is 8.19. The van der Waals surface area contributed by atoms with Gasteiger partial charge in [-0.2, -0.15) is 5.10 Å². The Hall–Kier alpha value is -3.05. The first-order chi connectivity index (χ1) is 16.7. The number of hydrogen-bond acceptors (Lipinski definition) is 2. The monoisotopic (exact) mass is 523 g/mol. The zero-order valence-corrected chi connectivity index (χ0v) is 21.8. The average Bonchev–Trinajstić information content (AvgIpc) is 3.16. The third-order valence-corrected chi connectivity index (χ3v) is 6.50. The zero-order chi connectivity index (χ0) is 25.1. The molecule has 3 aromatic carbocycles. The second-order valence-corrected chi connectivity index (χ2v) is 9.60. The molecule has 1 atom stereocenters. The first-order valence-electron chi connectivity index (χ1n) is 11.1. The maximum Gasteiger partial charge on any atom is 0.272 e. The van der Waals surface area contributed by atoms with Gasteiger partial charge in [-0.15, -0.1) is 0 Å². The van der Waals surface area contributed by atoms with Gasteiger partial charge in [0.2, 0.25) is 0 Å². The van der Waals surface area contributed by atoms with Crippen LogP contribution in [0.25, 0.3) is 17.3 Å². The summed E-state index contributed by atoms with van der Waals surface area (Å²) in [5.41, 5.74) is 5.31. The van der Waals surface area contributed by atoms with Gasteiger partial charge in [0.05, 0.1) is 22.4 Å². The molecule has 0 spiro atoms. The van der Waals surface area contributed by atoms with Crippen molar-refractivity contribution in [3.8, 4) is 5.69 Å². The van der Waals surface area contributed by atoms with Crippen LogP contribution < -0.4 is 5.32 Å². The van der Waals surface area contributed by atoms with Crippen molar-refractivity contribution in [3.63, 3.8) is 0 Å². The fourth-order valence-electron chi connectivity index (χ4n) is 4.01. The molecule has 0 radical (unpaired) electrons. The summed E-state index contributed by atoms with van der Waals surface area (Å²) in [6.45, 7) is 5.81. The summed E-state index contributed by atoms with van der Waals surface area (Å²) in [6.07, 6.45) is 2.00. The lowest BCUT2D eigenvalue weighted by atomic mass is 10.0. The highest BCUT2D eigenvalue weighted by atomic mass is 35.5. The Morgan fingerprint density at radius 1 is 0.971 bits per heavy atom. The third-order valence-electron chi connectivity index (χ3n) is 5.73. The van der Waals surface area contributed by atoms with E-state index in [1.54, 1.807) is 22.9 Å². The van der Waals surface area contributed by atoms with Crippen molar-refractivity contribution in [2.75, 3.05) is 0 Å². The minimum Gasteiger partial charge on any atom is -0.344 e. The van der Waals surface area contributed by atoms with Gasteiger partial charge in [-0.1, -0.05) is 77.3 Å². The molecule has 0 aliphatic rings. The van der Waals surface area contributed by atoms with Crippen molar-refractivity contribution in [2.24, 2.45) is 0 Å². The van der Waals surface area contributed by atoms with Crippen LogP contribution in [0.3, 0.4) is 0 Å². The van der Waals surface area contributed by atoms with Crippen LogP contribution in [-0.4, -0.2) is 15.7 Å². The van der Waals surface area contributed by atoms with E-state index in [0.717, 1.165) is 28.0 Å². The van der Waals surface area contributed by atoms with Gasteiger partial charge >= 0.3 is 0 Å². The first kappa shape index (κ1) is 25.1. The number of halogens is 3. The van der Waals surface area contributed by atoms with Gasteiger partial charge in [-0.3, -0.25) is 4.79 Å². The van der Waals surface area contributed by atoms with Crippen molar-refractivity contribution in [2.45, 2.75) is 26.8 Å². The van der Waals surface area contributed by atoms with Crippen molar-refractivity contribution in [1.82, 2.24) is 15.1 Å². The highest BCUT2D eigenvalue weighted by Crippen LogP contribution is 2.31. The van der Waals surface area contributed by atoms with Crippen LogP contribution in [-0.2, 0) is 0 Å². The second-order valence-electron chi connectivity index (χ2n) is 8.32. The van der Waals surface area contributed by atoms with Crippen molar-refractivity contribution in [3.05, 3.63) is 116 Å². The smallest absolute Gasteiger partial charge is 0.272 e. The van der Waals surface area contributed by atoms with Gasteiger partial charge in [0.15, 0.2) is 5.69 Å². The van der Waals surface area contributed by atoms with Crippen LogP contribution in [0.4, 0.5) is 0 Å². The number of benzene rings is 3. The largest absolute Gasteiger partial charge is 0.344 e. The standard InChI is InChI=1S/C28H24Cl3N3O/c1-17(14-20-8-7-11-22(29)15-20)27-18(2)26(28(35)32-19(3)21-9-5-4-6-10-21)33-34(27)25-13-12-23(30)16-24(25)31/h4-16,19H,1-3H3,(H,32,35)/b17-14+. The maximum atomic E-state index is 13.3. The summed E-state index contributed by atoms with van der Waals surface area (Å²) >= 11 is 18.9. The van der Waals surface area contributed by atoms with E-state index in [1.807, 2.05) is 81.4 Å².